The second-order valence-corrected chi connectivity index (χ2v) is 7.33. The first-order valence-corrected chi connectivity index (χ1v) is 8.34. The maximum absolute atomic E-state index is 10.3. The van der Waals surface area contributed by atoms with Gasteiger partial charge in [0.25, 0.3) is 0 Å². The largest absolute Gasteiger partial charge is 0.392 e. The Bertz CT molecular complexity index is 336. The molecule has 1 spiro atoms. The van der Waals surface area contributed by atoms with Crippen LogP contribution in [-0.2, 0) is 4.74 Å². The van der Waals surface area contributed by atoms with Gasteiger partial charge in [0.1, 0.15) is 0 Å². The molecule has 0 radical (unpaired) electrons. The van der Waals surface area contributed by atoms with E-state index in [1.807, 2.05) is 0 Å². The number of nitrogens with one attached hydrogen (secondary N) is 1. The van der Waals surface area contributed by atoms with E-state index in [1.54, 1.807) is 0 Å². The van der Waals surface area contributed by atoms with Crippen molar-refractivity contribution in [3.05, 3.63) is 0 Å². The van der Waals surface area contributed by atoms with Crippen molar-refractivity contribution in [1.82, 2.24) is 5.32 Å². The lowest BCUT2D eigenvalue weighted by Gasteiger charge is -2.63. The van der Waals surface area contributed by atoms with Gasteiger partial charge in [-0.25, -0.2) is 0 Å². The Hall–Kier alpha value is -0.120. The van der Waals surface area contributed by atoms with E-state index < -0.39 is 0 Å². The smallest absolute Gasteiger partial charge is 0.0692 e. The van der Waals surface area contributed by atoms with Crippen LogP contribution in [0.4, 0.5) is 0 Å². The molecule has 1 saturated heterocycles. The fraction of sp³-hybridized carbons (Fsp3) is 1.00. The van der Waals surface area contributed by atoms with Gasteiger partial charge in [-0.05, 0) is 38.0 Å². The molecule has 4 unspecified atom stereocenters. The van der Waals surface area contributed by atoms with Crippen molar-refractivity contribution in [3.8, 4) is 0 Å². The highest BCUT2D eigenvalue weighted by Crippen LogP contribution is 2.62. The van der Waals surface area contributed by atoms with Gasteiger partial charge in [0.15, 0.2) is 0 Å². The molecule has 19 heavy (non-hydrogen) atoms. The van der Waals surface area contributed by atoms with E-state index >= 15 is 0 Å². The van der Waals surface area contributed by atoms with Crippen molar-refractivity contribution < 1.29 is 9.84 Å². The predicted molar refractivity (Wildman–Crippen MR) is 73.9 cm³/mol. The molecule has 0 bridgehead atoms. The second kappa shape index (κ2) is 4.71. The van der Waals surface area contributed by atoms with Crippen LogP contribution in [0, 0.1) is 17.3 Å². The zero-order chi connectivity index (χ0) is 12.9. The lowest BCUT2D eigenvalue weighted by Crippen LogP contribution is -2.71. The van der Waals surface area contributed by atoms with Gasteiger partial charge in [-0.1, -0.05) is 19.3 Å². The molecule has 1 aliphatic heterocycles. The van der Waals surface area contributed by atoms with E-state index in [0.29, 0.717) is 23.5 Å². The molecule has 0 aromatic heterocycles. The normalized spacial score (nSPS) is 41.8. The molecule has 108 valence electrons. The van der Waals surface area contributed by atoms with Crippen molar-refractivity contribution in [2.24, 2.45) is 17.3 Å². The van der Waals surface area contributed by atoms with Gasteiger partial charge in [-0.3, -0.25) is 0 Å². The van der Waals surface area contributed by atoms with Gasteiger partial charge in [0, 0.05) is 30.5 Å². The molecule has 3 aliphatic carbocycles. The highest BCUT2D eigenvalue weighted by atomic mass is 16.5. The fourth-order valence-corrected chi connectivity index (χ4v) is 5.32. The molecule has 3 heteroatoms. The summed E-state index contributed by atoms with van der Waals surface area (Å²) in [7, 11) is 0. The summed E-state index contributed by atoms with van der Waals surface area (Å²) in [6, 6.07) is 0.629. The first-order chi connectivity index (χ1) is 9.31. The number of fused-ring (bicyclic) bond motifs is 2. The van der Waals surface area contributed by atoms with E-state index in [4.69, 9.17) is 4.74 Å². The van der Waals surface area contributed by atoms with Gasteiger partial charge in [0.2, 0.25) is 0 Å². The Kier molecular flexibility index (Phi) is 3.13. The summed E-state index contributed by atoms with van der Waals surface area (Å²) < 4.78 is 5.94. The SMILES string of the molecule is OC(CNC1C2CCOC2C12CCC2)C1CCCC1. The zero-order valence-corrected chi connectivity index (χ0v) is 11.8. The number of aliphatic hydroxyl groups is 1. The molecule has 0 aromatic carbocycles. The van der Waals surface area contributed by atoms with Crippen LogP contribution >= 0.6 is 0 Å². The first-order valence-electron chi connectivity index (χ1n) is 8.34. The number of ether oxygens (including phenoxy) is 1. The molecule has 2 N–H and O–H groups in total. The van der Waals surface area contributed by atoms with Gasteiger partial charge in [-0.2, -0.15) is 0 Å². The Morgan fingerprint density at radius 3 is 2.63 bits per heavy atom. The van der Waals surface area contributed by atoms with Gasteiger partial charge < -0.3 is 15.2 Å². The van der Waals surface area contributed by atoms with Crippen LogP contribution in [-0.4, -0.2) is 36.5 Å². The van der Waals surface area contributed by atoms with Crippen LogP contribution < -0.4 is 5.32 Å². The lowest BCUT2D eigenvalue weighted by atomic mass is 9.46. The highest BCUT2D eigenvalue weighted by Gasteiger charge is 2.66. The maximum Gasteiger partial charge on any atom is 0.0692 e. The van der Waals surface area contributed by atoms with E-state index in [0.717, 1.165) is 19.1 Å². The van der Waals surface area contributed by atoms with E-state index in [9.17, 15) is 5.11 Å². The predicted octanol–water partition coefficient (Wildman–Crippen LogP) is 2.08. The van der Waals surface area contributed by atoms with Crippen LogP contribution in [0.5, 0.6) is 0 Å². The molecular weight excluding hydrogens is 238 g/mol. The van der Waals surface area contributed by atoms with Crippen molar-refractivity contribution in [2.75, 3.05) is 13.2 Å². The number of hydrogen-bond donors (Lipinski definition) is 2. The molecule has 4 rings (SSSR count). The summed E-state index contributed by atoms with van der Waals surface area (Å²) in [4.78, 5) is 0. The third-order valence-corrected chi connectivity index (χ3v) is 6.53. The number of hydrogen-bond acceptors (Lipinski definition) is 3. The van der Waals surface area contributed by atoms with E-state index in [-0.39, 0.29) is 6.10 Å². The van der Waals surface area contributed by atoms with Crippen LogP contribution in [0.3, 0.4) is 0 Å². The molecule has 0 aromatic rings. The Morgan fingerprint density at radius 2 is 1.95 bits per heavy atom. The standard InChI is InChI=1S/C16H27NO2/c18-13(11-4-1-2-5-11)10-17-14-12-6-9-19-15(12)16(14)7-3-8-16/h11-15,17-18H,1-10H2. The fourth-order valence-electron chi connectivity index (χ4n) is 5.32. The zero-order valence-electron chi connectivity index (χ0n) is 11.8. The molecule has 0 amide bonds. The van der Waals surface area contributed by atoms with E-state index in [1.165, 1.54) is 51.4 Å². The average molecular weight is 265 g/mol. The van der Waals surface area contributed by atoms with Crippen molar-refractivity contribution in [2.45, 2.75) is 69.6 Å². The monoisotopic (exact) mass is 265 g/mol. The van der Waals surface area contributed by atoms with Crippen LogP contribution in [0.15, 0.2) is 0 Å². The topological polar surface area (TPSA) is 41.5 Å². The quantitative estimate of drug-likeness (QED) is 0.818. The minimum atomic E-state index is -0.124. The summed E-state index contributed by atoms with van der Waals surface area (Å²) in [5.41, 5.74) is 0.455. The number of rotatable bonds is 4. The molecule has 1 heterocycles. The third-order valence-electron chi connectivity index (χ3n) is 6.53. The molecule has 4 atom stereocenters. The summed E-state index contributed by atoms with van der Waals surface area (Å²) in [6.07, 6.45) is 10.8. The first kappa shape index (κ1) is 12.6. The average Bonchev–Trinajstić information content (AvgIpc) is 2.97. The summed E-state index contributed by atoms with van der Waals surface area (Å²) in [5.74, 6) is 1.29. The Labute approximate surface area is 116 Å². The Balaban J connectivity index is 1.34. The summed E-state index contributed by atoms with van der Waals surface area (Å²) in [6.45, 7) is 1.76. The van der Waals surface area contributed by atoms with Crippen LogP contribution in [0.2, 0.25) is 0 Å². The minimum Gasteiger partial charge on any atom is -0.392 e. The Morgan fingerprint density at radius 1 is 1.16 bits per heavy atom. The highest BCUT2D eigenvalue weighted by molar-refractivity contribution is 5.18. The molecule has 4 fully saturated rings. The van der Waals surface area contributed by atoms with Crippen molar-refractivity contribution >= 4 is 0 Å². The molecule has 3 saturated carbocycles. The number of aliphatic hydroxyl groups excluding tert-OH is 1. The summed E-state index contributed by atoms with van der Waals surface area (Å²) >= 11 is 0. The maximum atomic E-state index is 10.3. The van der Waals surface area contributed by atoms with Crippen molar-refractivity contribution in [1.29, 1.82) is 0 Å². The third kappa shape index (κ3) is 1.81. The van der Waals surface area contributed by atoms with Crippen LogP contribution in [0.1, 0.15) is 51.4 Å². The van der Waals surface area contributed by atoms with Crippen LogP contribution in [0.25, 0.3) is 0 Å². The lowest BCUT2D eigenvalue weighted by molar-refractivity contribution is -0.177. The molecule has 3 nitrogen and oxygen atoms in total. The molecular formula is C16H27NO2. The summed E-state index contributed by atoms with van der Waals surface area (Å²) in [5, 5.41) is 14.1. The minimum absolute atomic E-state index is 0.124. The van der Waals surface area contributed by atoms with Gasteiger partial charge in [-0.15, -0.1) is 0 Å². The van der Waals surface area contributed by atoms with Crippen molar-refractivity contribution in [3.63, 3.8) is 0 Å². The van der Waals surface area contributed by atoms with E-state index in [2.05, 4.69) is 5.32 Å². The van der Waals surface area contributed by atoms with Gasteiger partial charge in [0.05, 0.1) is 12.2 Å². The molecule has 4 aliphatic rings. The second-order valence-electron chi connectivity index (χ2n) is 7.33. The van der Waals surface area contributed by atoms with Gasteiger partial charge >= 0.3 is 0 Å².